The quantitative estimate of drug-likeness (QED) is 0.201. The van der Waals surface area contributed by atoms with Crippen molar-refractivity contribution in [1.82, 2.24) is 0 Å². The number of hydrogen-bond donors (Lipinski definition) is 2. The van der Waals surface area contributed by atoms with E-state index in [4.69, 9.17) is 68.2 Å². The standard InChI is InChI=1S/C26H24Cl6N4P2/c1-19-3-11-23(12-4-19)33-37(29,30)35(25-15-7-21(27)8-16-25)38(31,32,34-24-13-5-20(2)6-14-24)36(37)26-17-9-22(28)10-18-26/h3-18,33-34H,1-2H3. The van der Waals surface area contributed by atoms with Crippen molar-refractivity contribution in [2.24, 2.45) is 0 Å². The summed E-state index contributed by atoms with van der Waals surface area (Å²) in [4.78, 5) is 0. The Labute approximate surface area is 252 Å². The van der Waals surface area contributed by atoms with Crippen molar-refractivity contribution in [3.8, 4) is 0 Å². The molecule has 1 saturated heterocycles. The first kappa shape index (κ1) is 28.2. The molecular weight excluding hydrogens is 643 g/mol. The van der Waals surface area contributed by atoms with Crippen molar-refractivity contribution in [1.29, 1.82) is 0 Å². The summed E-state index contributed by atoms with van der Waals surface area (Å²) in [5.41, 5.74) is 4.80. The number of aryl methyl sites for hydroxylation is 2. The third kappa shape index (κ3) is 4.78. The monoisotopic (exact) mass is 664 g/mol. The molecule has 5 rings (SSSR count). The Balaban J connectivity index is 1.76. The molecule has 0 amide bonds. The zero-order valence-corrected chi connectivity index (χ0v) is 26.6. The molecule has 0 radical (unpaired) electrons. The van der Waals surface area contributed by atoms with Crippen LogP contribution >= 0.6 is 79.7 Å². The summed E-state index contributed by atoms with van der Waals surface area (Å²) in [5, 5.41) is 7.97. The Bertz CT molecular complexity index is 1350. The van der Waals surface area contributed by atoms with E-state index in [9.17, 15) is 0 Å². The van der Waals surface area contributed by atoms with E-state index in [1.807, 2.05) is 62.4 Å². The summed E-state index contributed by atoms with van der Waals surface area (Å²) in [6, 6.07) is 29.7. The van der Waals surface area contributed by atoms with Crippen molar-refractivity contribution in [2.45, 2.75) is 13.8 Å². The minimum absolute atomic E-state index is 0.552. The number of halogens is 6. The van der Waals surface area contributed by atoms with Crippen molar-refractivity contribution in [3.63, 3.8) is 0 Å². The Morgan fingerprint density at radius 2 is 0.763 bits per heavy atom. The van der Waals surface area contributed by atoms with Crippen molar-refractivity contribution >= 4 is 102 Å². The third-order valence-corrected chi connectivity index (χ3v) is 22.8. The molecule has 4 nitrogen and oxygen atoms in total. The number of hydrogen-bond acceptors (Lipinski definition) is 4. The fourth-order valence-corrected chi connectivity index (χ4v) is 29.0. The number of anilines is 4. The first-order chi connectivity index (χ1) is 17.8. The summed E-state index contributed by atoms with van der Waals surface area (Å²) in [7, 11) is 0. The van der Waals surface area contributed by atoms with Gasteiger partial charge in [0.2, 0.25) is 0 Å². The van der Waals surface area contributed by atoms with Gasteiger partial charge in [-0.3, -0.25) is 0 Å². The summed E-state index contributed by atoms with van der Waals surface area (Å²) < 4.78 is 3.43. The van der Waals surface area contributed by atoms with Crippen LogP contribution in [0.2, 0.25) is 10.0 Å². The summed E-state index contributed by atoms with van der Waals surface area (Å²) in [6.07, 6.45) is 0. The fourth-order valence-electron chi connectivity index (χ4n) is 4.46. The number of nitrogens with one attached hydrogen (secondary N) is 2. The normalized spacial score (nSPS) is 20.6. The molecule has 2 N–H and O–H groups in total. The van der Waals surface area contributed by atoms with E-state index < -0.39 is 11.5 Å². The van der Waals surface area contributed by atoms with Gasteiger partial charge in [0.15, 0.2) is 0 Å². The van der Waals surface area contributed by atoms with Crippen LogP contribution in [-0.4, -0.2) is 0 Å². The van der Waals surface area contributed by atoms with E-state index in [0.717, 1.165) is 11.1 Å². The van der Waals surface area contributed by atoms with E-state index in [-0.39, 0.29) is 0 Å². The summed E-state index contributed by atoms with van der Waals surface area (Å²) in [5.74, 6) is -8.83. The van der Waals surface area contributed by atoms with Crippen LogP contribution in [0.4, 0.5) is 22.7 Å². The Morgan fingerprint density at radius 3 is 1.05 bits per heavy atom. The van der Waals surface area contributed by atoms with Crippen LogP contribution in [-0.2, 0) is 0 Å². The summed E-state index contributed by atoms with van der Waals surface area (Å²) >= 11 is 43.2. The second kappa shape index (κ2) is 9.65. The van der Waals surface area contributed by atoms with Gasteiger partial charge in [-0.1, -0.05) is 0 Å². The van der Waals surface area contributed by atoms with E-state index in [0.29, 0.717) is 32.8 Å². The fraction of sp³-hybridized carbons (Fsp3) is 0.0769. The molecule has 1 aliphatic rings. The molecule has 1 heterocycles. The molecule has 1 fully saturated rings. The van der Waals surface area contributed by atoms with Crippen LogP contribution in [0.3, 0.4) is 0 Å². The zero-order chi connectivity index (χ0) is 27.4. The number of nitrogens with zero attached hydrogens (tertiary/aromatic N) is 2. The molecule has 4 aromatic carbocycles. The Morgan fingerprint density at radius 1 is 0.474 bits per heavy atom. The predicted octanol–water partition coefficient (Wildman–Crippen LogP) is 12.4. The number of benzene rings is 4. The van der Waals surface area contributed by atoms with Crippen LogP contribution in [0.25, 0.3) is 0 Å². The maximum atomic E-state index is 7.68. The van der Waals surface area contributed by atoms with Gasteiger partial charge < -0.3 is 0 Å². The molecule has 0 saturated carbocycles. The van der Waals surface area contributed by atoms with Gasteiger partial charge in [0, 0.05) is 0 Å². The predicted molar refractivity (Wildman–Crippen MR) is 175 cm³/mol. The van der Waals surface area contributed by atoms with Crippen LogP contribution < -0.4 is 19.1 Å². The molecule has 0 spiro atoms. The van der Waals surface area contributed by atoms with Gasteiger partial charge in [0.05, 0.1) is 0 Å². The average molecular weight is 667 g/mol. The molecule has 0 aromatic heterocycles. The van der Waals surface area contributed by atoms with Crippen molar-refractivity contribution in [3.05, 3.63) is 118 Å². The van der Waals surface area contributed by atoms with Crippen molar-refractivity contribution < 1.29 is 0 Å². The molecule has 0 bridgehead atoms. The Kier molecular flexibility index (Phi) is 7.17. The van der Waals surface area contributed by atoms with E-state index in [1.54, 1.807) is 57.4 Å². The first-order valence-electron chi connectivity index (χ1n) is 11.5. The SMILES string of the molecule is Cc1ccc(NP2(Cl)(Cl)N(c3ccc(Cl)cc3)P(Cl)(Cl)(Nc3ccc(C)cc3)N2c2ccc(Cl)cc2)cc1. The first-order valence-corrected chi connectivity index (χ1v) is 20.2. The van der Waals surface area contributed by atoms with E-state index in [2.05, 4.69) is 10.2 Å². The summed E-state index contributed by atoms with van der Waals surface area (Å²) in [6.45, 7) is 4.01. The van der Waals surface area contributed by atoms with Crippen LogP contribution in [0.15, 0.2) is 97.1 Å². The van der Waals surface area contributed by atoms with E-state index in [1.165, 1.54) is 0 Å². The molecule has 200 valence electrons. The Hall–Kier alpha value is -1.32. The van der Waals surface area contributed by atoms with Gasteiger partial charge in [-0.2, -0.15) is 0 Å². The molecule has 4 aromatic rings. The van der Waals surface area contributed by atoms with Crippen LogP contribution in [0, 0.1) is 13.8 Å². The molecular formula is C26H24Cl6N4P2. The number of rotatable bonds is 6. The van der Waals surface area contributed by atoms with Crippen LogP contribution in [0.1, 0.15) is 11.1 Å². The molecule has 0 unspecified atom stereocenters. The van der Waals surface area contributed by atoms with Gasteiger partial charge in [-0.25, -0.2) is 0 Å². The molecule has 1 aliphatic heterocycles. The molecule has 12 heteroatoms. The zero-order valence-electron chi connectivity index (χ0n) is 20.3. The molecule has 38 heavy (non-hydrogen) atoms. The second-order valence-electron chi connectivity index (χ2n) is 9.14. The molecule has 0 atom stereocenters. The minimum atomic E-state index is -4.41. The van der Waals surface area contributed by atoms with E-state index >= 15 is 0 Å². The van der Waals surface area contributed by atoms with Crippen molar-refractivity contribution in [2.75, 3.05) is 19.1 Å². The van der Waals surface area contributed by atoms with Gasteiger partial charge in [-0.15, -0.1) is 0 Å². The van der Waals surface area contributed by atoms with Gasteiger partial charge in [0.1, 0.15) is 0 Å². The topological polar surface area (TPSA) is 30.5 Å². The van der Waals surface area contributed by atoms with Gasteiger partial charge in [-0.05, 0) is 0 Å². The van der Waals surface area contributed by atoms with Gasteiger partial charge in [0.25, 0.3) is 0 Å². The average Bonchev–Trinajstić information content (AvgIpc) is 2.84. The molecule has 0 aliphatic carbocycles. The maximum absolute atomic E-state index is 7.68. The van der Waals surface area contributed by atoms with Gasteiger partial charge >= 0.3 is 254 Å². The second-order valence-corrected chi connectivity index (χ2v) is 24.7. The van der Waals surface area contributed by atoms with Crippen LogP contribution in [0.5, 0.6) is 0 Å². The third-order valence-electron chi connectivity index (χ3n) is 6.14.